The summed E-state index contributed by atoms with van der Waals surface area (Å²) in [6.07, 6.45) is -4.73. The van der Waals surface area contributed by atoms with E-state index in [4.69, 9.17) is 4.74 Å². The molecule has 1 N–H and O–H groups in total. The first-order chi connectivity index (χ1) is 13.4. The molecule has 0 aliphatic carbocycles. The number of aromatic nitrogens is 2. The van der Waals surface area contributed by atoms with Crippen molar-refractivity contribution in [2.75, 3.05) is 36.5 Å². The molecule has 0 spiro atoms. The summed E-state index contributed by atoms with van der Waals surface area (Å²) in [4.78, 5) is 9.83. The molecule has 28 heavy (non-hydrogen) atoms. The van der Waals surface area contributed by atoms with E-state index >= 15 is 0 Å². The Bertz CT molecular complexity index is 986. The van der Waals surface area contributed by atoms with Gasteiger partial charge in [0.2, 0.25) is 5.95 Å². The number of hydrogen-bond acceptors (Lipinski definition) is 5. The summed E-state index contributed by atoms with van der Waals surface area (Å²) in [7, 11) is 0. The van der Waals surface area contributed by atoms with Crippen LogP contribution in [0.2, 0.25) is 0 Å². The van der Waals surface area contributed by atoms with Crippen molar-refractivity contribution in [1.29, 1.82) is 0 Å². The Morgan fingerprint density at radius 2 is 1.68 bits per heavy atom. The van der Waals surface area contributed by atoms with Crippen molar-refractivity contribution >= 4 is 28.2 Å². The summed E-state index contributed by atoms with van der Waals surface area (Å²) >= 11 is 0. The lowest BCUT2D eigenvalue weighted by molar-refractivity contribution is -0.139. The van der Waals surface area contributed by atoms with Crippen LogP contribution in [0.15, 0.2) is 42.5 Å². The Balaban J connectivity index is 1.63. The Labute approximate surface area is 158 Å². The Morgan fingerprint density at radius 3 is 2.36 bits per heavy atom. The molecule has 2 aromatic carbocycles. The Hall–Kier alpha value is -2.94. The summed E-state index contributed by atoms with van der Waals surface area (Å²) in [5, 5.41) is 2.42. The predicted molar refractivity (Wildman–Crippen MR) is 97.3 cm³/mol. The molecule has 0 unspecified atom stereocenters. The maximum absolute atomic E-state index is 13.4. The molecule has 2 heterocycles. The maximum atomic E-state index is 13.4. The molecule has 0 atom stereocenters. The fraction of sp³-hybridized carbons (Fsp3) is 0.263. The minimum absolute atomic E-state index is 0.0103. The molecule has 5 nitrogen and oxygen atoms in total. The van der Waals surface area contributed by atoms with Crippen molar-refractivity contribution in [3.63, 3.8) is 0 Å². The van der Waals surface area contributed by atoms with E-state index in [-0.39, 0.29) is 16.9 Å². The lowest BCUT2D eigenvalue weighted by Gasteiger charge is -2.28. The van der Waals surface area contributed by atoms with Crippen molar-refractivity contribution in [3.8, 4) is 0 Å². The number of hydrogen-bond donors (Lipinski definition) is 1. The molecule has 1 fully saturated rings. The number of nitrogens with one attached hydrogen (secondary N) is 1. The van der Waals surface area contributed by atoms with Gasteiger partial charge in [-0.3, -0.25) is 0 Å². The van der Waals surface area contributed by atoms with Gasteiger partial charge in [-0.2, -0.15) is 13.2 Å². The van der Waals surface area contributed by atoms with Gasteiger partial charge >= 0.3 is 6.18 Å². The van der Waals surface area contributed by atoms with E-state index in [0.29, 0.717) is 18.9 Å². The number of alkyl halides is 3. The van der Waals surface area contributed by atoms with Crippen LogP contribution in [0, 0.1) is 5.82 Å². The van der Waals surface area contributed by atoms with Crippen molar-refractivity contribution < 1.29 is 22.3 Å². The fourth-order valence-electron chi connectivity index (χ4n) is 3.08. The highest BCUT2D eigenvalue weighted by Crippen LogP contribution is 2.34. The topological polar surface area (TPSA) is 50.3 Å². The summed E-state index contributed by atoms with van der Waals surface area (Å²) in [5.74, 6) is -0.980. The standard InChI is InChI=1S/C19H16F4N4O/c20-12-1-6-16-15(11-12)17(19(21,22)23)26-18(25-16)24-13-2-4-14(5-3-13)27-7-9-28-10-8-27/h1-6,11H,7-10H2,(H,24,25,26). The van der Waals surface area contributed by atoms with Gasteiger partial charge in [-0.05, 0) is 42.5 Å². The average Bonchev–Trinajstić information content (AvgIpc) is 2.68. The van der Waals surface area contributed by atoms with Gasteiger partial charge in [-0.25, -0.2) is 14.4 Å². The first-order valence-corrected chi connectivity index (χ1v) is 8.64. The highest BCUT2D eigenvalue weighted by molar-refractivity contribution is 5.83. The summed E-state index contributed by atoms with van der Waals surface area (Å²) in [6.45, 7) is 2.88. The minimum atomic E-state index is -4.73. The second kappa shape index (κ2) is 7.23. The highest BCUT2D eigenvalue weighted by Gasteiger charge is 2.35. The normalized spacial score (nSPS) is 15.1. The molecule has 3 aromatic rings. The SMILES string of the molecule is Fc1ccc2nc(Nc3ccc(N4CCOCC4)cc3)nc(C(F)(F)F)c2c1. The Kier molecular flexibility index (Phi) is 4.76. The lowest BCUT2D eigenvalue weighted by atomic mass is 10.2. The van der Waals surface area contributed by atoms with Crippen molar-refractivity contribution in [1.82, 2.24) is 9.97 Å². The van der Waals surface area contributed by atoms with E-state index in [9.17, 15) is 17.6 Å². The van der Waals surface area contributed by atoms with Crippen LogP contribution in [0.1, 0.15) is 5.69 Å². The van der Waals surface area contributed by atoms with E-state index in [0.717, 1.165) is 30.9 Å². The third kappa shape index (κ3) is 3.84. The zero-order valence-electron chi connectivity index (χ0n) is 14.6. The van der Waals surface area contributed by atoms with E-state index in [1.807, 2.05) is 12.1 Å². The molecular weight excluding hydrogens is 376 g/mol. The molecule has 0 radical (unpaired) electrons. The van der Waals surface area contributed by atoms with Crippen LogP contribution in [0.5, 0.6) is 0 Å². The number of benzene rings is 2. The van der Waals surface area contributed by atoms with Crippen LogP contribution in [-0.2, 0) is 10.9 Å². The minimum Gasteiger partial charge on any atom is -0.378 e. The van der Waals surface area contributed by atoms with Crippen LogP contribution >= 0.6 is 0 Å². The van der Waals surface area contributed by atoms with Crippen LogP contribution < -0.4 is 10.2 Å². The second-order valence-electron chi connectivity index (χ2n) is 6.33. The molecule has 1 aromatic heterocycles. The fourth-order valence-corrected chi connectivity index (χ4v) is 3.08. The van der Waals surface area contributed by atoms with Crippen LogP contribution in [-0.4, -0.2) is 36.3 Å². The predicted octanol–water partition coefficient (Wildman–Crippen LogP) is 4.37. The summed E-state index contributed by atoms with van der Waals surface area (Å²) in [5.41, 5.74) is 0.381. The number of fused-ring (bicyclic) bond motifs is 1. The molecule has 1 aliphatic heterocycles. The molecular formula is C19H16F4N4O. The van der Waals surface area contributed by atoms with Gasteiger partial charge in [0.25, 0.3) is 0 Å². The summed E-state index contributed by atoms with van der Waals surface area (Å²) in [6, 6.07) is 10.3. The second-order valence-corrected chi connectivity index (χ2v) is 6.33. The van der Waals surface area contributed by atoms with Gasteiger partial charge in [0.15, 0.2) is 5.69 Å². The monoisotopic (exact) mass is 392 g/mol. The number of rotatable bonds is 3. The highest BCUT2D eigenvalue weighted by atomic mass is 19.4. The van der Waals surface area contributed by atoms with Gasteiger partial charge in [-0.1, -0.05) is 0 Å². The van der Waals surface area contributed by atoms with Crippen molar-refractivity contribution in [3.05, 3.63) is 54.0 Å². The number of anilines is 3. The molecule has 146 valence electrons. The maximum Gasteiger partial charge on any atom is 0.434 e. The molecule has 1 aliphatic rings. The lowest BCUT2D eigenvalue weighted by Crippen LogP contribution is -2.36. The van der Waals surface area contributed by atoms with Crippen LogP contribution in [0.3, 0.4) is 0 Å². The third-order valence-corrected chi connectivity index (χ3v) is 4.43. The van der Waals surface area contributed by atoms with Crippen LogP contribution in [0.25, 0.3) is 10.9 Å². The number of ether oxygens (including phenoxy) is 1. The smallest absolute Gasteiger partial charge is 0.378 e. The first kappa shape index (κ1) is 18.4. The molecule has 9 heteroatoms. The van der Waals surface area contributed by atoms with E-state index < -0.39 is 17.7 Å². The van der Waals surface area contributed by atoms with E-state index in [1.165, 1.54) is 6.07 Å². The van der Waals surface area contributed by atoms with E-state index in [2.05, 4.69) is 20.2 Å². The molecule has 1 saturated heterocycles. The van der Waals surface area contributed by atoms with Crippen molar-refractivity contribution in [2.45, 2.75) is 6.18 Å². The Morgan fingerprint density at radius 1 is 0.964 bits per heavy atom. The van der Waals surface area contributed by atoms with E-state index in [1.54, 1.807) is 12.1 Å². The molecule has 0 amide bonds. The van der Waals surface area contributed by atoms with Gasteiger partial charge in [-0.15, -0.1) is 0 Å². The number of nitrogens with zero attached hydrogens (tertiary/aromatic N) is 3. The average molecular weight is 392 g/mol. The van der Waals surface area contributed by atoms with Crippen LogP contribution in [0.4, 0.5) is 34.9 Å². The van der Waals surface area contributed by atoms with Gasteiger partial charge < -0.3 is 15.0 Å². The quantitative estimate of drug-likeness (QED) is 0.671. The zero-order chi connectivity index (χ0) is 19.7. The van der Waals surface area contributed by atoms with Gasteiger partial charge in [0.05, 0.1) is 18.7 Å². The number of morpholine rings is 1. The molecule has 0 saturated carbocycles. The number of halogens is 4. The molecule has 4 rings (SSSR count). The van der Waals surface area contributed by atoms with Crippen molar-refractivity contribution in [2.24, 2.45) is 0 Å². The largest absolute Gasteiger partial charge is 0.434 e. The van der Waals surface area contributed by atoms with Gasteiger partial charge in [0, 0.05) is 29.9 Å². The first-order valence-electron chi connectivity index (χ1n) is 8.64. The summed E-state index contributed by atoms with van der Waals surface area (Å²) < 4.78 is 58.8. The third-order valence-electron chi connectivity index (χ3n) is 4.43. The zero-order valence-corrected chi connectivity index (χ0v) is 14.6. The molecule has 0 bridgehead atoms. The van der Waals surface area contributed by atoms with Gasteiger partial charge in [0.1, 0.15) is 5.82 Å².